The molecule has 2 fully saturated rings. The van der Waals surface area contributed by atoms with Gasteiger partial charge in [0.1, 0.15) is 5.60 Å². The summed E-state index contributed by atoms with van der Waals surface area (Å²) < 4.78 is 5.44. The Morgan fingerprint density at radius 1 is 1.32 bits per heavy atom. The molecule has 1 aliphatic carbocycles. The zero-order chi connectivity index (χ0) is 13.3. The van der Waals surface area contributed by atoms with E-state index in [9.17, 15) is 14.7 Å². The molecule has 1 aromatic rings. The molecule has 1 aromatic carbocycles. The van der Waals surface area contributed by atoms with Crippen molar-refractivity contribution in [2.24, 2.45) is 0 Å². The number of fused-ring (bicyclic) bond motifs is 2. The monoisotopic (exact) mass is 259 g/mol. The minimum absolute atomic E-state index is 0.297. The first kappa shape index (κ1) is 11.1. The molecule has 0 atom stereocenters. The van der Waals surface area contributed by atoms with E-state index < -0.39 is 17.2 Å². The van der Waals surface area contributed by atoms with Crippen molar-refractivity contribution in [3.63, 3.8) is 0 Å². The van der Waals surface area contributed by atoms with Crippen molar-refractivity contribution in [2.75, 3.05) is 13.1 Å². The lowest BCUT2D eigenvalue weighted by Gasteiger charge is -2.38. The van der Waals surface area contributed by atoms with E-state index in [1.165, 1.54) is 0 Å². The highest BCUT2D eigenvalue weighted by molar-refractivity contribution is 6.12. The fourth-order valence-electron chi connectivity index (χ4n) is 2.84. The van der Waals surface area contributed by atoms with Gasteiger partial charge in [-0.05, 0) is 12.8 Å². The Labute approximate surface area is 109 Å². The smallest absolute Gasteiger partial charge is 0.340 e. The number of carbonyl (C=O) groups is 2. The van der Waals surface area contributed by atoms with E-state index in [0.717, 1.165) is 5.56 Å². The lowest BCUT2D eigenvalue weighted by Crippen LogP contribution is -2.56. The van der Waals surface area contributed by atoms with Gasteiger partial charge < -0.3 is 15.2 Å². The lowest BCUT2D eigenvalue weighted by atomic mass is 9.84. The number of aliphatic hydroxyl groups is 1. The van der Waals surface area contributed by atoms with Crippen molar-refractivity contribution in [1.82, 2.24) is 5.32 Å². The van der Waals surface area contributed by atoms with Crippen LogP contribution in [-0.4, -0.2) is 35.5 Å². The third-order valence-corrected chi connectivity index (χ3v) is 4.26. The van der Waals surface area contributed by atoms with E-state index in [2.05, 4.69) is 5.32 Å². The molecule has 1 spiro atoms. The van der Waals surface area contributed by atoms with Crippen molar-refractivity contribution in [3.05, 3.63) is 34.9 Å². The second kappa shape index (κ2) is 3.23. The molecule has 0 radical (unpaired) electrons. The van der Waals surface area contributed by atoms with Gasteiger partial charge in [0.15, 0.2) is 11.4 Å². The van der Waals surface area contributed by atoms with E-state index in [1.54, 1.807) is 12.1 Å². The summed E-state index contributed by atoms with van der Waals surface area (Å²) in [6, 6.07) is 5.18. The van der Waals surface area contributed by atoms with E-state index in [4.69, 9.17) is 4.74 Å². The number of ether oxygens (including phenoxy) is 1. The molecule has 1 saturated heterocycles. The van der Waals surface area contributed by atoms with E-state index in [1.807, 2.05) is 6.07 Å². The first-order valence-corrected chi connectivity index (χ1v) is 6.41. The maximum Gasteiger partial charge on any atom is 0.340 e. The van der Waals surface area contributed by atoms with Crippen molar-refractivity contribution in [3.8, 4) is 0 Å². The molecule has 19 heavy (non-hydrogen) atoms. The largest absolute Gasteiger partial charge is 0.448 e. The zero-order valence-corrected chi connectivity index (χ0v) is 10.2. The lowest BCUT2D eigenvalue weighted by molar-refractivity contribution is -0.0369. The second-order valence-corrected chi connectivity index (χ2v) is 5.58. The van der Waals surface area contributed by atoms with Gasteiger partial charge in [0.25, 0.3) is 0 Å². The van der Waals surface area contributed by atoms with E-state index in [-0.39, 0.29) is 5.78 Å². The molecule has 4 rings (SSSR count). The summed E-state index contributed by atoms with van der Waals surface area (Å²) in [6.45, 7) is 1.15. The molecule has 3 aliphatic rings. The Morgan fingerprint density at radius 2 is 2.05 bits per heavy atom. The second-order valence-electron chi connectivity index (χ2n) is 5.58. The molecule has 0 unspecified atom stereocenters. The van der Waals surface area contributed by atoms with Crippen LogP contribution in [0, 0.1) is 0 Å². The molecular weight excluding hydrogens is 246 g/mol. The van der Waals surface area contributed by atoms with Gasteiger partial charge in [-0.3, -0.25) is 4.79 Å². The first-order chi connectivity index (χ1) is 9.06. The maximum absolute atomic E-state index is 12.3. The number of rotatable bonds is 2. The van der Waals surface area contributed by atoms with Crippen LogP contribution in [0.2, 0.25) is 0 Å². The van der Waals surface area contributed by atoms with Crippen molar-refractivity contribution < 1.29 is 19.4 Å². The quantitative estimate of drug-likeness (QED) is 0.592. The maximum atomic E-state index is 12.3. The summed E-state index contributed by atoms with van der Waals surface area (Å²) >= 11 is 0. The summed E-state index contributed by atoms with van der Waals surface area (Å²) in [4.78, 5) is 24.3. The SMILES string of the molecule is O=C1OC2(CNC2)c2cccc(C(=O)C3(O)CC3)c21. The molecule has 1 saturated carbocycles. The number of benzene rings is 1. The van der Waals surface area contributed by atoms with Gasteiger partial charge >= 0.3 is 5.97 Å². The summed E-state index contributed by atoms with van der Waals surface area (Å²) in [6.07, 6.45) is 0.939. The highest BCUT2D eigenvalue weighted by atomic mass is 16.6. The van der Waals surface area contributed by atoms with Crippen LogP contribution in [0.3, 0.4) is 0 Å². The van der Waals surface area contributed by atoms with Crippen LogP contribution in [0.5, 0.6) is 0 Å². The van der Waals surface area contributed by atoms with Gasteiger partial charge in [-0.2, -0.15) is 0 Å². The molecular formula is C14H13NO4. The Balaban J connectivity index is 1.87. The highest BCUT2D eigenvalue weighted by Crippen LogP contribution is 2.44. The van der Waals surface area contributed by atoms with Crippen LogP contribution in [0.4, 0.5) is 0 Å². The summed E-state index contributed by atoms with van der Waals surface area (Å²) in [5.41, 5.74) is -0.454. The number of esters is 1. The number of hydrogen-bond acceptors (Lipinski definition) is 5. The number of nitrogens with one attached hydrogen (secondary N) is 1. The zero-order valence-electron chi connectivity index (χ0n) is 10.2. The Hall–Kier alpha value is -1.72. The van der Waals surface area contributed by atoms with Gasteiger partial charge in [-0.25, -0.2) is 4.79 Å². The van der Waals surface area contributed by atoms with Gasteiger partial charge in [0.2, 0.25) is 0 Å². The first-order valence-electron chi connectivity index (χ1n) is 6.41. The Bertz CT molecular complexity index is 614. The van der Waals surface area contributed by atoms with Crippen molar-refractivity contribution >= 4 is 11.8 Å². The van der Waals surface area contributed by atoms with Crippen molar-refractivity contribution in [2.45, 2.75) is 24.0 Å². The fourth-order valence-corrected chi connectivity index (χ4v) is 2.84. The van der Waals surface area contributed by atoms with Crippen LogP contribution >= 0.6 is 0 Å². The number of ketones is 1. The molecule has 5 heteroatoms. The molecule has 98 valence electrons. The number of hydrogen-bond donors (Lipinski definition) is 2. The minimum atomic E-state index is -1.26. The predicted octanol–water partition coefficient (Wildman–Crippen LogP) is 0.363. The Morgan fingerprint density at radius 3 is 2.63 bits per heavy atom. The predicted molar refractivity (Wildman–Crippen MR) is 64.9 cm³/mol. The summed E-state index contributed by atoms with van der Waals surface area (Å²) in [5.74, 6) is -0.810. The van der Waals surface area contributed by atoms with Gasteiger partial charge in [0, 0.05) is 24.2 Å². The summed E-state index contributed by atoms with van der Waals surface area (Å²) in [7, 11) is 0. The fraction of sp³-hybridized carbons (Fsp3) is 0.429. The minimum Gasteiger partial charge on any atom is -0.448 e. The molecule has 0 bridgehead atoms. The number of carbonyl (C=O) groups excluding carboxylic acids is 2. The van der Waals surface area contributed by atoms with Crippen LogP contribution < -0.4 is 5.32 Å². The molecule has 0 amide bonds. The standard InChI is InChI=1S/C14H13NO4/c16-11(13(18)4-5-13)8-2-1-3-9-10(8)12(17)19-14(9)6-15-7-14/h1-3,15,18H,4-7H2. The molecule has 2 N–H and O–H groups in total. The molecule has 0 aromatic heterocycles. The summed E-state index contributed by atoms with van der Waals surface area (Å²) in [5, 5.41) is 13.0. The van der Waals surface area contributed by atoms with Crippen LogP contribution in [0.25, 0.3) is 0 Å². The van der Waals surface area contributed by atoms with E-state index in [0.29, 0.717) is 37.1 Å². The van der Waals surface area contributed by atoms with Gasteiger partial charge in [0.05, 0.1) is 5.56 Å². The molecule has 2 aliphatic heterocycles. The van der Waals surface area contributed by atoms with Crippen LogP contribution in [-0.2, 0) is 10.3 Å². The molecule has 5 nitrogen and oxygen atoms in total. The topological polar surface area (TPSA) is 75.6 Å². The van der Waals surface area contributed by atoms with Crippen LogP contribution in [0.1, 0.15) is 39.1 Å². The third kappa shape index (κ3) is 1.31. The van der Waals surface area contributed by atoms with Gasteiger partial charge in [-0.15, -0.1) is 0 Å². The normalized spacial score (nSPS) is 24.6. The average molecular weight is 259 g/mol. The molecule has 2 heterocycles. The average Bonchev–Trinajstić information content (AvgIpc) is 3.03. The third-order valence-electron chi connectivity index (χ3n) is 4.26. The highest BCUT2D eigenvalue weighted by Gasteiger charge is 2.54. The van der Waals surface area contributed by atoms with Crippen LogP contribution in [0.15, 0.2) is 18.2 Å². The van der Waals surface area contributed by atoms with Crippen molar-refractivity contribution in [1.29, 1.82) is 0 Å². The Kier molecular flexibility index (Phi) is 1.90. The number of Topliss-reactive ketones (excluding diaryl/α,β-unsaturated/α-hetero) is 1. The van der Waals surface area contributed by atoms with E-state index >= 15 is 0 Å². The van der Waals surface area contributed by atoms with Gasteiger partial charge in [-0.1, -0.05) is 18.2 Å².